The van der Waals surface area contributed by atoms with Crippen LogP contribution >= 0.6 is 0 Å². The Balaban J connectivity index is 0.000000241. The number of hydrogen-bond acceptors (Lipinski definition) is 29. The van der Waals surface area contributed by atoms with Crippen LogP contribution < -0.4 is 0 Å². The van der Waals surface area contributed by atoms with Gasteiger partial charge in [0.05, 0.1) is 30.3 Å². The van der Waals surface area contributed by atoms with Gasteiger partial charge in [-0.05, 0) is 211 Å². The molecule has 0 radical (unpaired) electrons. The van der Waals surface area contributed by atoms with Crippen molar-refractivity contribution in [2.24, 2.45) is 0 Å². The summed E-state index contributed by atoms with van der Waals surface area (Å²) >= 11 is 0. The number of fused-ring (bicyclic) bond motifs is 3. The molecule has 0 bridgehead atoms. The number of hydrogen-bond donors (Lipinski definition) is 7. The predicted octanol–water partition coefficient (Wildman–Crippen LogP) is 9.63. The molecule has 10 heterocycles. The smallest absolute Gasteiger partial charge is 0.380 e. The summed E-state index contributed by atoms with van der Waals surface area (Å²) in [6.45, 7) is 52.9. The van der Waals surface area contributed by atoms with Crippen molar-refractivity contribution in [3.8, 4) is 0 Å². The Labute approximate surface area is 666 Å². The van der Waals surface area contributed by atoms with Crippen molar-refractivity contribution >= 4 is 33.5 Å². The minimum absolute atomic E-state index is 0.0724. The Hall–Kier alpha value is -4.47. The average Bonchev–Trinajstić information content (AvgIpc) is 1.69. The van der Waals surface area contributed by atoms with Crippen molar-refractivity contribution in [3.63, 3.8) is 0 Å². The van der Waals surface area contributed by atoms with E-state index < -0.39 is 174 Å². The maximum atomic E-state index is 15.5. The lowest BCUT2D eigenvalue weighted by Crippen LogP contribution is -2.64. The number of ketones is 1. The minimum atomic E-state index is -5.20. The van der Waals surface area contributed by atoms with E-state index in [1.807, 2.05) is 144 Å². The first-order valence-electron chi connectivity index (χ1n) is 38.6. The Morgan fingerprint density at radius 1 is 0.522 bits per heavy atom. The lowest BCUT2D eigenvalue weighted by Gasteiger charge is -2.42. The van der Waals surface area contributed by atoms with Gasteiger partial charge in [0.2, 0.25) is 9.84 Å². The van der Waals surface area contributed by atoms with Gasteiger partial charge in [-0.2, -0.15) is 8.78 Å². The number of carbonyl (C=O) groups excluding carboxylic acids is 4. The zero-order chi connectivity index (χ0) is 87.0. The fourth-order valence-corrected chi connectivity index (χ4v) is 17.5. The van der Waals surface area contributed by atoms with Crippen molar-refractivity contribution < 1.29 is 148 Å². The number of Topliss-reactive ketones (excluding diaryl/α,β-unsaturated/α-hetero) is 1. The number of sulfone groups is 1. The van der Waals surface area contributed by atoms with Gasteiger partial charge in [-0.25, -0.2) is 22.8 Å². The largest absolute Gasteiger partial charge is 0.457 e. The summed E-state index contributed by atoms with van der Waals surface area (Å²) in [6.07, 6.45) is -0.268. The summed E-state index contributed by atoms with van der Waals surface area (Å²) in [6, 6.07) is 6.36. The van der Waals surface area contributed by atoms with Crippen molar-refractivity contribution in [3.05, 3.63) is 65.3 Å². The first kappa shape index (κ1) is 99.1. The lowest BCUT2D eigenvalue weighted by atomic mass is 9.82. The molecule has 1 aromatic carbocycles. The second-order valence-electron chi connectivity index (χ2n) is 34.8. The number of allylic oxidation sites excluding steroid dienone is 3. The normalized spacial score (nSPS) is 38.0. The van der Waals surface area contributed by atoms with Crippen molar-refractivity contribution in [2.45, 2.75) is 409 Å². The number of esters is 3. The van der Waals surface area contributed by atoms with E-state index in [2.05, 4.69) is 4.74 Å². The molecule has 0 aromatic heterocycles. The van der Waals surface area contributed by atoms with E-state index in [0.717, 1.165) is 48.6 Å². The Bertz CT molecular complexity index is 3600. The number of rotatable bonds is 16. The molecule has 0 saturated carbocycles. The number of ether oxygens (including phenoxy) is 16. The van der Waals surface area contributed by atoms with E-state index >= 15 is 8.78 Å². The molecule has 0 aliphatic carbocycles. The Kier molecular flexibility index (Phi) is 31.1. The van der Waals surface area contributed by atoms with Gasteiger partial charge >= 0.3 is 23.2 Å². The molecular weight excluding hydrogens is 1510 g/mol. The van der Waals surface area contributed by atoms with E-state index in [0.29, 0.717) is 12.8 Å². The van der Waals surface area contributed by atoms with Gasteiger partial charge in [0.15, 0.2) is 87.5 Å². The highest BCUT2D eigenvalue weighted by Crippen LogP contribution is 2.53. The predicted molar refractivity (Wildman–Crippen MR) is 406 cm³/mol. The molecule has 10 aliphatic rings. The van der Waals surface area contributed by atoms with Crippen molar-refractivity contribution in [2.75, 3.05) is 13.2 Å². The van der Waals surface area contributed by atoms with E-state index in [1.165, 1.54) is 45.9 Å². The van der Waals surface area contributed by atoms with Crippen LogP contribution in [0.4, 0.5) is 8.78 Å². The van der Waals surface area contributed by atoms with Crippen LogP contribution in [0.5, 0.6) is 0 Å². The minimum Gasteiger partial charge on any atom is -0.457 e. The molecule has 7 N–H and O–H groups in total. The number of cyclic esters (lactones) is 3. The molecule has 1 aromatic rings. The second-order valence-corrected chi connectivity index (χ2v) is 36.8. The first-order chi connectivity index (χ1) is 51.2. The molecule has 11 rings (SSSR count). The van der Waals surface area contributed by atoms with Gasteiger partial charge in [0.25, 0.3) is 0 Å². The Morgan fingerprint density at radius 3 is 1.35 bits per heavy atom. The first-order valence-corrected chi connectivity index (χ1v) is 40.1. The van der Waals surface area contributed by atoms with E-state index in [4.69, 9.17) is 86.4 Å². The number of halogens is 2. The molecule has 0 spiro atoms. The molecule has 10 aliphatic heterocycles. The molecule has 21 atom stereocenters. The summed E-state index contributed by atoms with van der Waals surface area (Å²) in [5.41, 5.74) is -7.22. The van der Waals surface area contributed by atoms with Crippen LogP contribution in [-0.2, 0) is 105 Å². The number of aliphatic hydroxyl groups excluding tert-OH is 5. The van der Waals surface area contributed by atoms with Crippen molar-refractivity contribution in [1.29, 1.82) is 0 Å². The molecule has 0 amide bonds. The fourth-order valence-electron chi connectivity index (χ4n) is 16.0. The van der Waals surface area contributed by atoms with E-state index in [9.17, 15) is 48.0 Å². The molecule has 650 valence electrons. The number of aliphatic hydroxyl groups is 7. The third-order valence-corrected chi connectivity index (χ3v) is 22.3. The number of carbonyl (C=O) groups is 4. The maximum absolute atomic E-state index is 15.5. The van der Waals surface area contributed by atoms with Crippen LogP contribution in [0.25, 0.3) is 0 Å². The van der Waals surface area contributed by atoms with Crippen LogP contribution in [0.1, 0.15) is 240 Å². The Morgan fingerprint density at radius 2 is 0.920 bits per heavy atom. The highest BCUT2D eigenvalue weighted by molar-refractivity contribution is 7.92. The molecule has 113 heavy (non-hydrogen) atoms. The summed E-state index contributed by atoms with van der Waals surface area (Å²) in [5.74, 6) is -6.32. The SMILES string of the molecule is CC1(C)O[C@@H]2[C@@H](CO)OC(=O)[C@]2(C)O1.CCC(=O)[C@H]1OC(C)(C)O[C@@]1(C)C=C(C)C.CC[C@@H](O)[C@H]1OC(C)(C)O[C@@]1(C)C=C(C)C.CC[C@@](O)([C@H]1OC(C)(C)O[C@@]1(C)C=C(C)C)C(F)(F)S(=O)(=O)c1ccccc1.CC[C@H]1OC(=O)[C@]2(C)OC(C)(C)O[C@H]12.CC[C@H]1OC(O)[C@]2(C)OC(C)(C)O[C@H]12.C[C@]1(O)C(=O)O[C@H](CO)[C@H]1O. The third kappa shape index (κ3) is 21.6. The molecule has 29 nitrogen and oxygen atoms in total. The number of benzene rings is 1. The molecular formula is C81H132F2O29S. The summed E-state index contributed by atoms with van der Waals surface area (Å²) in [5, 5.41) is 62.3. The zero-order valence-corrected chi connectivity index (χ0v) is 72.7. The van der Waals surface area contributed by atoms with Crippen LogP contribution in [0.15, 0.2) is 70.2 Å². The summed E-state index contributed by atoms with van der Waals surface area (Å²) in [4.78, 5) is 45.1. The van der Waals surface area contributed by atoms with Crippen molar-refractivity contribution in [1.82, 2.24) is 0 Å². The van der Waals surface area contributed by atoms with Crippen LogP contribution in [0.3, 0.4) is 0 Å². The van der Waals surface area contributed by atoms with Gasteiger partial charge in [-0.1, -0.05) is 87.8 Å². The van der Waals surface area contributed by atoms with Crippen LogP contribution in [0, 0.1) is 0 Å². The quantitative estimate of drug-likeness (QED) is 0.0460. The summed E-state index contributed by atoms with van der Waals surface area (Å²) < 4.78 is 145. The molecule has 10 saturated heterocycles. The standard InChI is InChI=1S/C20H28F2O5S.C13H24O3.C13H22O3.C10H18O4.C10H16O4.C9H14O5.C6H10O5/c1-7-19(23,16-18(6,13-14(2)3)27-17(4,5)26-16)20(21,22)28(24,25)15-11-9-8-10-12-15;2*1-7-10(14)11-13(6,8-9(2)3)16-12(4,5)15-11;2*1-5-6-7-10(4,8(11)12-6)14-9(2,3)13-7;1-8(2)13-6-5(4-10)12-7(11)9(6,3)14-8;1-6(10)4(8)3(2-7)11-5(6)9/h8-13,16,23H,7H2,1-6H3;8,10-11,14H,7H2,1-6H3;8,11H,7H2,1-6H3;6-8,11H,5H2,1-4H3;6-7H,5H2,1-4H3;5-6,10H,4H2,1-3H3;3-4,7-8,10H,2H2,1H3/t16-,18-,19+;10-,11-,13+;11-,13+;6-,7-,8?,10-;6-,7-,10-;5-,6-,9-;3-,4-,6-/m0111111/s1. The molecule has 10 fully saturated rings. The van der Waals surface area contributed by atoms with E-state index in [-0.39, 0.29) is 48.9 Å². The van der Waals surface area contributed by atoms with Gasteiger partial charge in [0.1, 0.15) is 65.1 Å². The molecule has 1 unspecified atom stereocenters. The monoisotopic (exact) mass is 1640 g/mol. The highest BCUT2D eigenvalue weighted by Gasteiger charge is 2.72. The second kappa shape index (κ2) is 35.5. The van der Waals surface area contributed by atoms with E-state index in [1.54, 1.807) is 47.6 Å². The number of alkyl halides is 2. The lowest BCUT2D eigenvalue weighted by molar-refractivity contribution is -0.242. The topological polar surface area (TPSA) is 392 Å². The molecule has 32 heteroatoms. The van der Waals surface area contributed by atoms with Gasteiger partial charge in [-0.3, -0.25) is 4.79 Å². The summed E-state index contributed by atoms with van der Waals surface area (Å²) in [7, 11) is -5.20. The van der Waals surface area contributed by atoms with Gasteiger partial charge < -0.3 is 112 Å². The van der Waals surface area contributed by atoms with Crippen LogP contribution in [-0.4, -0.2) is 245 Å². The average molecular weight is 1640 g/mol. The van der Waals surface area contributed by atoms with Crippen LogP contribution in [0.2, 0.25) is 0 Å². The van der Waals surface area contributed by atoms with Gasteiger partial charge in [0, 0.05) is 6.42 Å². The zero-order valence-electron chi connectivity index (χ0n) is 71.9. The third-order valence-electron chi connectivity index (χ3n) is 20.4. The highest BCUT2D eigenvalue weighted by atomic mass is 32.2. The fraction of sp³-hybridized carbons (Fsp3) is 0.802. The maximum Gasteiger partial charge on any atom is 0.380 e. The van der Waals surface area contributed by atoms with Gasteiger partial charge in [-0.15, -0.1) is 0 Å².